The van der Waals surface area contributed by atoms with Gasteiger partial charge >= 0.3 is 0 Å². The molecule has 9 heavy (non-hydrogen) atoms. The number of hydrogen-bond acceptors (Lipinski definition) is 1. The highest BCUT2D eigenvalue weighted by Gasteiger charge is 2.38. The lowest BCUT2D eigenvalue weighted by atomic mass is 9.89. The van der Waals surface area contributed by atoms with E-state index in [1.54, 1.807) is 0 Å². The molecule has 2 saturated carbocycles. The third-order valence-electron chi connectivity index (χ3n) is 3.19. The van der Waals surface area contributed by atoms with Crippen LogP contribution in [0.4, 0.5) is 0 Å². The van der Waals surface area contributed by atoms with Crippen LogP contribution in [0.3, 0.4) is 0 Å². The average molecular weight is 125 g/mol. The lowest BCUT2D eigenvalue weighted by Gasteiger charge is -2.18. The largest absolute Gasteiger partial charge is 0.330 e. The molecule has 2 N–H and O–H groups in total. The highest BCUT2D eigenvalue weighted by atomic mass is 14.6. The zero-order valence-electron chi connectivity index (χ0n) is 5.84. The van der Waals surface area contributed by atoms with Gasteiger partial charge in [0, 0.05) is 0 Å². The van der Waals surface area contributed by atoms with E-state index in [9.17, 15) is 0 Å². The molecule has 0 spiro atoms. The lowest BCUT2D eigenvalue weighted by Crippen LogP contribution is -2.19. The van der Waals surface area contributed by atoms with E-state index >= 15 is 0 Å². The Morgan fingerprint density at radius 3 is 2.44 bits per heavy atom. The summed E-state index contributed by atoms with van der Waals surface area (Å²) in [5.74, 6) is 3.01. The first-order valence-electron chi connectivity index (χ1n) is 4.10. The summed E-state index contributed by atoms with van der Waals surface area (Å²) >= 11 is 0. The molecule has 0 saturated heterocycles. The minimum absolute atomic E-state index is 0.906. The number of hydrogen-bond donors (Lipinski definition) is 1. The van der Waals surface area contributed by atoms with Crippen molar-refractivity contribution in [3.63, 3.8) is 0 Å². The van der Waals surface area contributed by atoms with E-state index in [2.05, 4.69) is 0 Å². The van der Waals surface area contributed by atoms with Crippen molar-refractivity contribution >= 4 is 0 Å². The van der Waals surface area contributed by atoms with Gasteiger partial charge in [-0.15, -0.1) is 0 Å². The third kappa shape index (κ3) is 0.787. The zero-order valence-corrected chi connectivity index (χ0v) is 5.84. The Morgan fingerprint density at radius 1 is 1.22 bits per heavy atom. The van der Waals surface area contributed by atoms with Gasteiger partial charge in [0.05, 0.1) is 0 Å². The first kappa shape index (κ1) is 5.72. The Bertz CT molecular complexity index is 111. The van der Waals surface area contributed by atoms with E-state index in [0.717, 1.165) is 24.3 Å². The SMILES string of the molecule is NCC1C[C@@H]2CC[C@@H]1C2. The van der Waals surface area contributed by atoms with Gasteiger partial charge in [-0.05, 0) is 43.6 Å². The molecule has 2 fully saturated rings. The first-order valence-corrected chi connectivity index (χ1v) is 4.10. The predicted octanol–water partition coefficient (Wildman–Crippen LogP) is 1.38. The summed E-state index contributed by atoms with van der Waals surface area (Å²) in [6.07, 6.45) is 5.93. The normalized spacial score (nSPS) is 48.3. The fraction of sp³-hybridized carbons (Fsp3) is 1.00. The van der Waals surface area contributed by atoms with Crippen molar-refractivity contribution in [2.75, 3.05) is 6.54 Å². The van der Waals surface area contributed by atoms with Crippen molar-refractivity contribution in [2.45, 2.75) is 25.7 Å². The maximum absolute atomic E-state index is 5.62. The van der Waals surface area contributed by atoms with Crippen molar-refractivity contribution in [1.29, 1.82) is 0 Å². The van der Waals surface area contributed by atoms with Gasteiger partial charge in [-0.1, -0.05) is 6.42 Å². The second kappa shape index (κ2) is 1.98. The molecule has 0 heterocycles. The molecular formula is C8H15N. The van der Waals surface area contributed by atoms with Gasteiger partial charge in [0.1, 0.15) is 0 Å². The molecule has 2 bridgehead atoms. The molecule has 52 valence electrons. The van der Waals surface area contributed by atoms with E-state index in [0.29, 0.717) is 0 Å². The third-order valence-corrected chi connectivity index (χ3v) is 3.19. The molecule has 3 atom stereocenters. The Labute approximate surface area is 56.6 Å². The van der Waals surface area contributed by atoms with Gasteiger partial charge in [-0.3, -0.25) is 0 Å². The predicted molar refractivity (Wildman–Crippen MR) is 38.0 cm³/mol. The summed E-state index contributed by atoms with van der Waals surface area (Å²) in [7, 11) is 0. The summed E-state index contributed by atoms with van der Waals surface area (Å²) in [5, 5.41) is 0. The monoisotopic (exact) mass is 125 g/mol. The highest BCUT2D eigenvalue weighted by Crippen LogP contribution is 2.47. The van der Waals surface area contributed by atoms with E-state index in [1.165, 1.54) is 25.7 Å². The topological polar surface area (TPSA) is 26.0 Å². The standard InChI is InChI=1S/C8H15N/c9-5-8-4-6-1-2-7(8)3-6/h6-8H,1-5,9H2/t6-,7-,8?/m1/s1. The van der Waals surface area contributed by atoms with E-state index < -0.39 is 0 Å². The van der Waals surface area contributed by atoms with E-state index in [1.807, 2.05) is 0 Å². The van der Waals surface area contributed by atoms with Crippen LogP contribution in [0.25, 0.3) is 0 Å². The van der Waals surface area contributed by atoms with Crippen LogP contribution in [0.2, 0.25) is 0 Å². The van der Waals surface area contributed by atoms with Gasteiger partial charge in [-0.25, -0.2) is 0 Å². The van der Waals surface area contributed by atoms with Gasteiger partial charge in [0.15, 0.2) is 0 Å². The van der Waals surface area contributed by atoms with Crippen LogP contribution in [0.1, 0.15) is 25.7 Å². The molecule has 0 aromatic rings. The van der Waals surface area contributed by atoms with Crippen LogP contribution >= 0.6 is 0 Å². The molecule has 0 radical (unpaired) electrons. The van der Waals surface area contributed by atoms with Gasteiger partial charge in [-0.2, -0.15) is 0 Å². The summed E-state index contributed by atoms with van der Waals surface area (Å²) < 4.78 is 0. The van der Waals surface area contributed by atoms with E-state index in [-0.39, 0.29) is 0 Å². The molecular weight excluding hydrogens is 110 g/mol. The molecule has 0 aromatic heterocycles. The van der Waals surface area contributed by atoms with E-state index in [4.69, 9.17) is 5.73 Å². The number of rotatable bonds is 1. The van der Waals surface area contributed by atoms with Gasteiger partial charge in [0.2, 0.25) is 0 Å². The van der Waals surface area contributed by atoms with Crippen molar-refractivity contribution in [3.05, 3.63) is 0 Å². The zero-order chi connectivity index (χ0) is 6.27. The van der Waals surface area contributed by atoms with Crippen molar-refractivity contribution < 1.29 is 0 Å². The molecule has 1 unspecified atom stereocenters. The fourth-order valence-electron chi connectivity index (χ4n) is 2.67. The maximum Gasteiger partial charge on any atom is -0.00461 e. The lowest BCUT2D eigenvalue weighted by molar-refractivity contribution is 0.341. The molecule has 2 aliphatic carbocycles. The molecule has 0 aromatic carbocycles. The molecule has 0 amide bonds. The average Bonchev–Trinajstić information content (AvgIpc) is 2.45. The van der Waals surface area contributed by atoms with Crippen molar-refractivity contribution in [2.24, 2.45) is 23.5 Å². The van der Waals surface area contributed by atoms with Crippen LogP contribution in [0.5, 0.6) is 0 Å². The molecule has 1 heteroatoms. The fourth-order valence-corrected chi connectivity index (χ4v) is 2.67. The quantitative estimate of drug-likeness (QED) is 0.563. The van der Waals surface area contributed by atoms with Crippen LogP contribution in [0, 0.1) is 17.8 Å². The van der Waals surface area contributed by atoms with Crippen LogP contribution < -0.4 is 5.73 Å². The minimum atomic E-state index is 0.906. The van der Waals surface area contributed by atoms with Crippen molar-refractivity contribution in [1.82, 2.24) is 0 Å². The van der Waals surface area contributed by atoms with Gasteiger partial charge in [0.25, 0.3) is 0 Å². The second-order valence-electron chi connectivity index (χ2n) is 3.67. The maximum atomic E-state index is 5.62. The van der Waals surface area contributed by atoms with Crippen LogP contribution in [-0.2, 0) is 0 Å². The Morgan fingerprint density at radius 2 is 2.11 bits per heavy atom. The van der Waals surface area contributed by atoms with Crippen LogP contribution in [-0.4, -0.2) is 6.54 Å². The summed E-state index contributed by atoms with van der Waals surface area (Å²) in [6, 6.07) is 0. The number of fused-ring (bicyclic) bond motifs is 2. The molecule has 1 nitrogen and oxygen atoms in total. The van der Waals surface area contributed by atoms with Crippen LogP contribution in [0.15, 0.2) is 0 Å². The molecule has 2 rings (SSSR count). The number of nitrogens with two attached hydrogens (primary N) is 1. The Balaban J connectivity index is 2.01. The van der Waals surface area contributed by atoms with Crippen molar-refractivity contribution in [3.8, 4) is 0 Å². The highest BCUT2D eigenvalue weighted by molar-refractivity contribution is 4.89. The van der Waals surface area contributed by atoms with Gasteiger partial charge < -0.3 is 5.73 Å². The summed E-state index contributed by atoms with van der Waals surface area (Å²) in [4.78, 5) is 0. The Kier molecular flexibility index (Phi) is 1.26. The second-order valence-corrected chi connectivity index (χ2v) is 3.67. The molecule has 0 aliphatic heterocycles. The summed E-state index contributed by atoms with van der Waals surface area (Å²) in [5.41, 5.74) is 5.62. The summed E-state index contributed by atoms with van der Waals surface area (Å²) in [6.45, 7) is 0.946. The smallest absolute Gasteiger partial charge is 0.00461 e. The minimum Gasteiger partial charge on any atom is -0.330 e. The first-order chi connectivity index (χ1) is 4.40. The Hall–Kier alpha value is -0.0400. The molecule has 2 aliphatic rings.